The fourth-order valence-electron chi connectivity index (χ4n) is 0.663. The second-order valence-electron chi connectivity index (χ2n) is 2.18. The minimum atomic E-state index is -2.93. The van der Waals surface area contributed by atoms with Gasteiger partial charge in [0.05, 0.1) is 0 Å². The summed E-state index contributed by atoms with van der Waals surface area (Å²) in [6.07, 6.45) is 0.279. The lowest BCUT2D eigenvalue weighted by atomic mass is 10.5. The van der Waals surface area contributed by atoms with Crippen molar-refractivity contribution in [1.82, 2.24) is 0 Å². The SMILES string of the molecule is CCC(N)O[Si](OC)(OC)OC. The van der Waals surface area contributed by atoms with E-state index in [0.29, 0.717) is 6.42 Å². The smallest absolute Gasteiger partial charge is 0.355 e. The molecule has 5 nitrogen and oxygen atoms in total. The molecule has 6 heteroatoms. The van der Waals surface area contributed by atoms with Gasteiger partial charge in [0, 0.05) is 21.3 Å². The predicted molar refractivity (Wildman–Crippen MR) is 46.1 cm³/mol. The number of hydrogen-bond acceptors (Lipinski definition) is 5. The Hall–Kier alpha value is 0.0169. The Morgan fingerprint density at radius 3 is 1.83 bits per heavy atom. The summed E-state index contributed by atoms with van der Waals surface area (Å²) in [6.45, 7) is 1.91. The molecule has 1 unspecified atom stereocenters. The topological polar surface area (TPSA) is 62.9 Å². The molecule has 2 N–H and O–H groups in total. The standard InChI is InChI=1S/C6H17NO4Si/c1-5-6(7)11-12(8-2,9-3)10-4/h6H,5,7H2,1-4H3. The maximum absolute atomic E-state index is 5.56. The lowest BCUT2D eigenvalue weighted by molar-refractivity contribution is -0.0214. The molecule has 0 saturated heterocycles. The van der Waals surface area contributed by atoms with Crippen molar-refractivity contribution in [3.8, 4) is 0 Å². The van der Waals surface area contributed by atoms with Crippen LogP contribution in [0.4, 0.5) is 0 Å². The Morgan fingerprint density at radius 2 is 1.58 bits per heavy atom. The zero-order chi connectivity index (χ0) is 9.61. The van der Waals surface area contributed by atoms with Crippen molar-refractivity contribution in [1.29, 1.82) is 0 Å². The fraction of sp³-hybridized carbons (Fsp3) is 1.00. The van der Waals surface area contributed by atoms with Crippen LogP contribution in [0.3, 0.4) is 0 Å². The van der Waals surface area contributed by atoms with Crippen LogP contribution < -0.4 is 5.73 Å². The van der Waals surface area contributed by atoms with Gasteiger partial charge < -0.3 is 23.4 Å². The normalized spacial score (nSPS) is 14.8. The van der Waals surface area contributed by atoms with Crippen LogP contribution in [-0.4, -0.2) is 36.6 Å². The molecule has 0 fully saturated rings. The summed E-state index contributed by atoms with van der Waals surface area (Å²) in [5, 5.41) is 0. The van der Waals surface area contributed by atoms with Crippen LogP contribution in [-0.2, 0) is 17.7 Å². The monoisotopic (exact) mass is 195 g/mol. The Labute approximate surface area is 74.2 Å². The van der Waals surface area contributed by atoms with E-state index in [1.807, 2.05) is 6.92 Å². The average molecular weight is 195 g/mol. The summed E-state index contributed by atoms with van der Waals surface area (Å²) in [5.41, 5.74) is 5.56. The highest BCUT2D eigenvalue weighted by atomic mass is 28.4. The van der Waals surface area contributed by atoms with Crippen molar-refractivity contribution in [3.05, 3.63) is 0 Å². The van der Waals surface area contributed by atoms with E-state index in [2.05, 4.69) is 0 Å². The van der Waals surface area contributed by atoms with Gasteiger partial charge in [-0.05, 0) is 6.42 Å². The predicted octanol–water partition coefficient (Wildman–Crippen LogP) is 0.0726. The second kappa shape index (κ2) is 5.63. The summed E-state index contributed by atoms with van der Waals surface area (Å²) in [5.74, 6) is 0. The van der Waals surface area contributed by atoms with Gasteiger partial charge in [0.25, 0.3) is 0 Å². The van der Waals surface area contributed by atoms with Gasteiger partial charge in [0.2, 0.25) is 0 Å². The first-order valence-electron chi connectivity index (χ1n) is 3.73. The molecule has 74 valence electrons. The molecular weight excluding hydrogens is 178 g/mol. The molecule has 0 rings (SSSR count). The quantitative estimate of drug-likeness (QED) is 0.480. The zero-order valence-corrected chi connectivity index (χ0v) is 8.99. The lowest BCUT2D eigenvalue weighted by Crippen LogP contribution is -2.50. The van der Waals surface area contributed by atoms with Gasteiger partial charge in [0.15, 0.2) is 0 Å². The first kappa shape index (κ1) is 12.0. The largest absolute Gasteiger partial charge is 0.680 e. The molecule has 0 aliphatic carbocycles. The molecule has 0 heterocycles. The minimum absolute atomic E-state index is 0.406. The minimum Gasteiger partial charge on any atom is -0.355 e. The molecule has 0 radical (unpaired) electrons. The van der Waals surface area contributed by atoms with E-state index in [9.17, 15) is 0 Å². The lowest BCUT2D eigenvalue weighted by Gasteiger charge is -2.25. The van der Waals surface area contributed by atoms with Crippen LogP contribution in [0.25, 0.3) is 0 Å². The van der Waals surface area contributed by atoms with Gasteiger partial charge in [-0.2, -0.15) is 0 Å². The van der Waals surface area contributed by atoms with Gasteiger partial charge in [-0.3, -0.25) is 0 Å². The third-order valence-electron chi connectivity index (χ3n) is 1.45. The van der Waals surface area contributed by atoms with Crippen LogP contribution >= 0.6 is 0 Å². The summed E-state index contributed by atoms with van der Waals surface area (Å²) in [6, 6.07) is 0. The van der Waals surface area contributed by atoms with E-state index in [4.69, 9.17) is 23.4 Å². The third-order valence-corrected chi connectivity index (χ3v) is 3.54. The van der Waals surface area contributed by atoms with E-state index in [1.165, 1.54) is 21.3 Å². The molecule has 0 spiro atoms. The van der Waals surface area contributed by atoms with Crippen molar-refractivity contribution in [2.75, 3.05) is 21.3 Å². The number of hydrogen-bond donors (Lipinski definition) is 1. The molecule has 0 aromatic carbocycles. The summed E-state index contributed by atoms with van der Waals surface area (Å²) in [7, 11) is 1.49. The summed E-state index contributed by atoms with van der Waals surface area (Å²) in [4.78, 5) is 0. The van der Waals surface area contributed by atoms with Crippen LogP contribution in [0.5, 0.6) is 0 Å². The summed E-state index contributed by atoms with van der Waals surface area (Å²) < 4.78 is 20.3. The van der Waals surface area contributed by atoms with Crippen LogP contribution in [0, 0.1) is 0 Å². The number of nitrogens with two attached hydrogens (primary N) is 1. The maximum Gasteiger partial charge on any atom is 0.680 e. The van der Waals surface area contributed by atoms with Crippen LogP contribution in [0.15, 0.2) is 0 Å². The van der Waals surface area contributed by atoms with Gasteiger partial charge in [0.1, 0.15) is 6.23 Å². The summed E-state index contributed by atoms with van der Waals surface area (Å²) >= 11 is 0. The first-order chi connectivity index (χ1) is 5.64. The van der Waals surface area contributed by atoms with E-state index in [0.717, 1.165) is 0 Å². The third kappa shape index (κ3) is 3.17. The fourth-order valence-corrected chi connectivity index (χ4v) is 1.99. The molecule has 0 aromatic rings. The van der Waals surface area contributed by atoms with Crippen molar-refractivity contribution in [2.45, 2.75) is 19.6 Å². The highest BCUT2D eigenvalue weighted by Gasteiger charge is 2.43. The Kier molecular flexibility index (Phi) is 5.63. The van der Waals surface area contributed by atoms with E-state index in [1.54, 1.807) is 0 Å². The van der Waals surface area contributed by atoms with Crippen molar-refractivity contribution in [2.24, 2.45) is 5.73 Å². The van der Waals surface area contributed by atoms with Crippen LogP contribution in [0.1, 0.15) is 13.3 Å². The highest BCUT2D eigenvalue weighted by molar-refractivity contribution is 6.53. The highest BCUT2D eigenvalue weighted by Crippen LogP contribution is 2.10. The van der Waals surface area contributed by atoms with Gasteiger partial charge in [-0.15, -0.1) is 0 Å². The molecular formula is C6H17NO4Si. The molecule has 0 amide bonds. The molecule has 0 aromatic heterocycles. The Balaban J connectivity index is 4.09. The van der Waals surface area contributed by atoms with E-state index >= 15 is 0 Å². The van der Waals surface area contributed by atoms with E-state index < -0.39 is 15.3 Å². The molecule has 12 heavy (non-hydrogen) atoms. The van der Waals surface area contributed by atoms with Crippen LogP contribution in [0.2, 0.25) is 0 Å². The van der Waals surface area contributed by atoms with Gasteiger partial charge in [-0.25, -0.2) is 0 Å². The Morgan fingerprint density at radius 1 is 1.17 bits per heavy atom. The maximum atomic E-state index is 5.56. The van der Waals surface area contributed by atoms with Gasteiger partial charge in [-0.1, -0.05) is 6.92 Å². The molecule has 0 aliphatic rings. The van der Waals surface area contributed by atoms with Crippen molar-refractivity contribution in [3.63, 3.8) is 0 Å². The van der Waals surface area contributed by atoms with Crippen molar-refractivity contribution < 1.29 is 17.7 Å². The van der Waals surface area contributed by atoms with Gasteiger partial charge >= 0.3 is 9.05 Å². The number of rotatable bonds is 6. The van der Waals surface area contributed by atoms with E-state index in [-0.39, 0.29) is 0 Å². The molecule has 1 atom stereocenters. The average Bonchev–Trinajstić information content (AvgIpc) is 2.14. The zero-order valence-electron chi connectivity index (χ0n) is 7.99. The first-order valence-corrected chi connectivity index (χ1v) is 5.36. The molecule has 0 saturated carbocycles. The second-order valence-corrected chi connectivity index (χ2v) is 4.64. The van der Waals surface area contributed by atoms with Crippen molar-refractivity contribution >= 4 is 9.05 Å². The molecule has 0 aliphatic heterocycles. The Bertz CT molecular complexity index is 112. The molecule has 0 bridgehead atoms.